The fourth-order valence-electron chi connectivity index (χ4n) is 2.88. The predicted octanol–water partition coefficient (Wildman–Crippen LogP) is 2.56. The molecule has 2 aromatic carbocycles. The molecule has 1 aliphatic rings. The van der Waals surface area contributed by atoms with Gasteiger partial charge in [0.2, 0.25) is 5.91 Å². The molecule has 0 aromatic heterocycles. The minimum absolute atomic E-state index is 0.0911. The third-order valence-corrected chi connectivity index (χ3v) is 4.23. The van der Waals surface area contributed by atoms with Crippen molar-refractivity contribution in [2.24, 2.45) is 5.92 Å². The van der Waals surface area contributed by atoms with E-state index in [9.17, 15) is 9.59 Å². The Morgan fingerprint density at radius 1 is 1.09 bits per heavy atom. The summed E-state index contributed by atoms with van der Waals surface area (Å²) in [6, 6.07) is 17.6. The van der Waals surface area contributed by atoms with Crippen LogP contribution in [0.2, 0.25) is 0 Å². The molecular formula is C19H20N2O2. The molecule has 1 fully saturated rings. The smallest absolute Gasteiger partial charge is 0.251 e. The second kappa shape index (κ2) is 6.65. The van der Waals surface area contributed by atoms with Gasteiger partial charge in [-0.1, -0.05) is 42.5 Å². The summed E-state index contributed by atoms with van der Waals surface area (Å²) < 4.78 is 0. The first-order chi connectivity index (χ1) is 11.1. The molecule has 0 radical (unpaired) electrons. The van der Waals surface area contributed by atoms with Gasteiger partial charge in [-0.2, -0.15) is 0 Å². The summed E-state index contributed by atoms with van der Waals surface area (Å²) in [5, 5.41) is 2.92. The van der Waals surface area contributed by atoms with Gasteiger partial charge < -0.3 is 10.2 Å². The van der Waals surface area contributed by atoms with Crippen molar-refractivity contribution < 1.29 is 9.59 Å². The standard InChI is InChI=1S/C19H20N2O2/c1-21-13-14(11-18(21)22)12-20-19(23)17-9-7-16(8-10-17)15-5-3-2-4-6-15/h2-10,14H,11-13H2,1H3,(H,20,23). The lowest BCUT2D eigenvalue weighted by atomic mass is 10.0. The number of hydrogen-bond donors (Lipinski definition) is 1. The summed E-state index contributed by atoms with van der Waals surface area (Å²) in [6.45, 7) is 1.25. The molecule has 23 heavy (non-hydrogen) atoms. The van der Waals surface area contributed by atoms with Crippen LogP contribution < -0.4 is 5.32 Å². The number of amides is 2. The van der Waals surface area contributed by atoms with E-state index in [0.29, 0.717) is 25.1 Å². The van der Waals surface area contributed by atoms with Gasteiger partial charge in [0.1, 0.15) is 0 Å². The fraction of sp³-hybridized carbons (Fsp3) is 0.263. The number of nitrogens with one attached hydrogen (secondary N) is 1. The molecule has 1 N–H and O–H groups in total. The SMILES string of the molecule is CN1CC(CNC(=O)c2ccc(-c3ccccc3)cc2)CC1=O. The lowest BCUT2D eigenvalue weighted by Crippen LogP contribution is -2.30. The Morgan fingerprint density at radius 3 is 2.35 bits per heavy atom. The Hall–Kier alpha value is -2.62. The summed E-state index contributed by atoms with van der Waals surface area (Å²) in [7, 11) is 1.80. The van der Waals surface area contributed by atoms with Crippen molar-refractivity contribution in [3.63, 3.8) is 0 Å². The van der Waals surface area contributed by atoms with Gasteiger partial charge >= 0.3 is 0 Å². The summed E-state index contributed by atoms with van der Waals surface area (Å²) in [4.78, 5) is 25.4. The maximum absolute atomic E-state index is 12.2. The Kier molecular flexibility index (Phi) is 4.42. The van der Waals surface area contributed by atoms with Crippen LogP contribution in [0.3, 0.4) is 0 Å². The highest BCUT2D eigenvalue weighted by Crippen LogP contribution is 2.19. The van der Waals surface area contributed by atoms with Crippen LogP contribution in [0.25, 0.3) is 11.1 Å². The molecule has 0 bridgehead atoms. The van der Waals surface area contributed by atoms with E-state index in [0.717, 1.165) is 11.1 Å². The third kappa shape index (κ3) is 3.59. The van der Waals surface area contributed by atoms with Crippen LogP contribution in [0.4, 0.5) is 0 Å². The van der Waals surface area contributed by atoms with Crippen molar-refractivity contribution in [1.29, 1.82) is 0 Å². The molecule has 1 heterocycles. The molecule has 1 aliphatic heterocycles. The Bertz CT molecular complexity index is 695. The predicted molar refractivity (Wildman–Crippen MR) is 90.0 cm³/mol. The molecule has 118 valence electrons. The first-order valence-corrected chi connectivity index (χ1v) is 7.81. The van der Waals surface area contributed by atoms with Crippen LogP contribution in [-0.4, -0.2) is 36.9 Å². The highest BCUT2D eigenvalue weighted by Gasteiger charge is 2.26. The molecule has 2 amide bonds. The molecular weight excluding hydrogens is 288 g/mol. The summed E-state index contributed by atoms with van der Waals surface area (Å²) >= 11 is 0. The molecule has 2 aromatic rings. The van der Waals surface area contributed by atoms with Crippen molar-refractivity contribution in [3.05, 3.63) is 60.2 Å². The van der Waals surface area contributed by atoms with Crippen molar-refractivity contribution >= 4 is 11.8 Å². The van der Waals surface area contributed by atoms with Crippen molar-refractivity contribution in [3.8, 4) is 11.1 Å². The van der Waals surface area contributed by atoms with Gasteiger partial charge in [0.15, 0.2) is 0 Å². The molecule has 3 rings (SSSR count). The Balaban J connectivity index is 1.59. The van der Waals surface area contributed by atoms with Crippen LogP contribution in [0, 0.1) is 5.92 Å². The molecule has 0 aliphatic carbocycles. The Labute approximate surface area is 136 Å². The molecule has 4 heteroatoms. The first-order valence-electron chi connectivity index (χ1n) is 7.81. The lowest BCUT2D eigenvalue weighted by Gasteiger charge is -2.11. The zero-order valence-electron chi connectivity index (χ0n) is 13.2. The van der Waals surface area contributed by atoms with E-state index in [2.05, 4.69) is 5.32 Å². The van der Waals surface area contributed by atoms with Crippen LogP contribution in [0.5, 0.6) is 0 Å². The highest BCUT2D eigenvalue weighted by molar-refractivity contribution is 5.94. The van der Waals surface area contributed by atoms with Crippen molar-refractivity contribution in [2.75, 3.05) is 20.1 Å². The van der Waals surface area contributed by atoms with Crippen LogP contribution in [0.15, 0.2) is 54.6 Å². The maximum Gasteiger partial charge on any atom is 0.251 e. The summed E-state index contributed by atoms with van der Waals surface area (Å²) in [6.07, 6.45) is 0.518. The van der Waals surface area contributed by atoms with Crippen LogP contribution in [0.1, 0.15) is 16.8 Å². The number of carbonyl (C=O) groups excluding carboxylic acids is 2. The zero-order valence-corrected chi connectivity index (χ0v) is 13.2. The minimum atomic E-state index is -0.0911. The highest BCUT2D eigenvalue weighted by atomic mass is 16.2. The normalized spacial score (nSPS) is 17.3. The number of likely N-dealkylation sites (tertiary alicyclic amines) is 1. The number of rotatable bonds is 4. The Morgan fingerprint density at radius 2 is 1.74 bits per heavy atom. The second-order valence-electron chi connectivity index (χ2n) is 6.00. The van der Waals surface area contributed by atoms with E-state index in [1.807, 2.05) is 54.6 Å². The lowest BCUT2D eigenvalue weighted by molar-refractivity contribution is -0.126. The van der Waals surface area contributed by atoms with E-state index in [1.165, 1.54) is 0 Å². The molecule has 1 atom stereocenters. The first kappa shape index (κ1) is 15.3. The monoisotopic (exact) mass is 308 g/mol. The van der Waals surface area contributed by atoms with E-state index < -0.39 is 0 Å². The number of nitrogens with zero attached hydrogens (tertiary/aromatic N) is 1. The average Bonchev–Trinajstić information content (AvgIpc) is 2.92. The van der Waals surface area contributed by atoms with Gasteiger partial charge in [-0.05, 0) is 23.3 Å². The minimum Gasteiger partial charge on any atom is -0.352 e. The molecule has 0 saturated carbocycles. The van der Waals surface area contributed by atoms with Gasteiger partial charge in [-0.15, -0.1) is 0 Å². The number of carbonyl (C=O) groups is 2. The second-order valence-corrected chi connectivity index (χ2v) is 6.00. The van der Waals surface area contributed by atoms with E-state index in [-0.39, 0.29) is 17.7 Å². The largest absolute Gasteiger partial charge is 0.352 e. The van der Waals surface area contributed by atoms with Gasteiger partial charge in [-0.25, -0.2) is 0 Å². The summed E-state index contributed by atoms with van der Waals surface area (Å²) in [5.41, 5.74) is 2.86. The average molecular weight is 308 g/mol. The van der Waals surface area contributed by atoms with E-state index >= 15 is 0 Å². The van der Waals surface area contributed by atoms with Crippen molar-refractivity contribution in [1.82, 2.24) is 10.2 Å². The summed E-state index contributed by atoms with van der Waals surface area (Å²) in [5.74, 6) is 0.267. The molecule has 0 spiro atoms. The van der Waals surface area contributed by atoms with Crippen molar-refractivity contribution in [2.45, 2.75) is 6.42 Å². The van der Waals surface area contributed by atoms with Crippen LogP contribution in [-0.2, 0) is 4.79 Å². The van der Waals surface area contributed by atoms with Gasteiger partial charge in [0.25, 0.3) is 5.91 Å². The molecule has 4 nitrogen and oxygen atoms in total. The van der Waals surface area contributed by atoms with Gasteiger partial charge in [-0.3, -0.25) is 9.59 Å². The number of benzene rings is 2. The van der Waals surface area contributed by atoms with Gasteiger partial charge in [0, 0.05) is 38.0 Å². The molecule has 1 unspecified atom stereocenters. The topological polar surface area (TPSA) is 49.4 Å². The molecule has 1 saturated heterocycles. The van der Waals surface area contributed by atoms with E-state index in [4.69, 9.17) is 0 Å². The third-order valence-electron chi connectivity index (χ3n) is 4.23. The number of hydrogen-bond acceptors (Lipinski definition) is 2. The fourth-order valence-corrected chi connectivity index (χ4v) is 2.88. The quantitative estimate of drug-likeness (QED) is 0.943. The van der Waals surface area contributed by atoms with Gasteiger partial charge in [0.05, 0.1) is 0 Å². The van der Waals surface area contributed by atoms with Crippen LogP contribution >= 0.6 is 0 Å². The van der Waals surface area contributed by atoms with E-state index in [1.54, 1.807) is 11.9 Å². The zero-order chi connectivity index (χ0) is 16.2. The maximum atomic E-state index is 12.2.